The van der Waals surface area contributed by atoms with Crippen LogP contribution in [0.1, 0.15) is 63.1 Å². The van der Waals surface area contributed by atoms with Gasteiger partial charge in [-0.2, -0.15) is 5.10 Å². The first-order valence-electron chi connectivity index (χ1n) is 10.8. The summed E-state index contributed by atoms with van der Waals surface area (Å²) in [7, 11) is 0. The monoisotopic (exact) mass is 441 g/mol. The van der Waals surface area contributed by atoms with Crippen LogP contribution in [0.15, 0.2) is 41.5 Å². The normalized spacial score (nSPS) is 17.5. The van der Waals surface area contributed by atoms with Crippen LogP contribution < -0.4 is 15.1 Å². The summed E-state index contributed by atoms with van der Waals surface area (Å²) in [6.45, 7) is 12.1. The summed E-state index contributed by atoms with van der Waals surface area (Å²) >= 11 is 6.04. The summed E-state index contributed by atoms with van der Waals surface area (Å²) in [5.41, 5.74) is 7.47. The fraction of sp³-hybridized carbons (Fsp3) is 0.440. The molecule has 0 aromatic heterocycles. The van der Waals surface area contributed by atoms with E-state index in [9.17, 15) is 4.79 Å². The summed E-state index contributed by atoms with van der Waals surface area (Å²) in [6.07, 6.45) is 3.93. The van der Waals surface area contributed by atoms with E-state index in [1.54, 1.807) is 24.4 Å². The number of fused-ring (bicyclic) bond motifs is 1. The number of anilines is 1. The molecule has 1 atom stereocenters. The lowest BCUT2D eigenvalue weighted by molar-refractivity contribution is -0.123. The number of rotatable bonds is 7. The Morgan fingerprint density at radius 3 is 2.81 bits per heavy atom. The molecule has 0 fully saturated rings. The zero-order valence-electron chi connectivity index (χ0n) is 19.0. The fourth-order valence-electron chi connectivity index (χ4n) is 4.35. The molecule has 1 N–H and O–H groups in total. The average Bonchev–Trinajstić information content (AvgIpc) is 2.71. The van der Waals surface area contributed by atoms with E-state index in [0.717, 1.165) is 30.5 Å². The molecular weight excluding hydrogens is 410 g/mol. The third-order valence-electron chi connectivity index (χ3n) is 5.81. The van der Waals surface area contributed by atoms with Crippen molar-refractivity contribution in [3.05, 3.63) is 58.1 Å². The Morgan fingerprint density at radius 1 is 1.35 bits per heavy atom. The first-order chi connectivity index (χ1) is 14.7. The van der Waals surface area contributed by atoms with Gasteiger partial charge in [0, 0.05) is 17.8 Å². The molecule has 6 heteroatoms. The SMILES string of the molecule is CCCN1c2cc(C)c(/C=N/NC(=O)COc3ccccc3Cl)cc2C(C)CC1(C)C. The van der Waals surface area contributed by atoms with Crippen LogP contribution in [-0.4, -0.2) is 30.8 Å². The van der Waals surface area contributed by atoms with Gasteiger partial charge in [-0.1, -0.05) is 37.6 Å². The molecular formula is C25H32ClN3O2. The molecule has 1 amide bonds. The van der Waals surface area contributed by atoms with Crippen molar-refractivity contribution in [1.82, 2.24) is 5.43 Å². The van der Waals surface area contributed by atoms with Crippen LogP contribution in [0.4, 0.5) is 5.69 Å². The maximum atomic E-state index is 12.1. The number of para-hydroxylation sites is 1. The number of hydrazone groups is 1. The number of amides is 1. The number of aryl methyl sites for hydroxylation is 1. The highest BCUT2D eigenvalue weighted by Gasteiger charge is 2.36. The van der Waals surface area contributed by atoms with Gasteiger partial charge in [0.25, 0.3) is 5.91 Å². The summed E-state index contributed by atoms with van der Waals surface area (Å²) < 4.78 is 5.44. The van der Waals surface area contributed by atoms with Crippen molar-refractivity contribution in [2.45, 2.75) is 58.9 Å². The molecule has 5 nitrogen and oxygen atoms in total. The Morgan fingerprint density at radius 2 is 2.10 bits per heavy atom. The van der Waals surface area contributed by atoms with Crippen LogP contribution in [0.5, 0.6) is 5.75 Å². The molecule has 0 saturated heterocycles. The number of benzene rings is 2. The van der Waals surface area contributed by atoms with E-state index in [1.165, 1.54) is 11.3 Å². The first-order valence-corrected chi connectivity index (χ1v) is 11.2. The second kappa shape index (κ2) is 9.73. The second-order valence-electron chi connectivity index (χ2n) is 8.85. The summed E-state index contributed by atoms with van der Waals surface area (Å²) in [5.74, 6) is 0.600. The minimum absolute atomic E-state index is 0.139. The molecule has 2 aromatic carbocycles. The van der Waals surface area contributed by atoms with Gasteiger partial charge in [-0.05, 0) is 80.5 Å². The lowest BCUT2D eigenvalue weighted by Gasteiger charge is -2.48. The van der Waals surface area contributed by atoms with E-state index < -0.39 is 0 Å². The van der Waals surface area contributed by atoms with Gasteiger partial charge in [-0.15, -0.1) is 0 Å². The van der Waals surface area contributed by atoms with Crippen molar-refractivity contribution in [1.29, 1.82) is 0 Å². The minimum atomic E-state index is -0.337. The number of carbonyl (C=O) groups is 1. The smallest absolute Gasteiger partial charge is 0.277 e. The number of ether oxygens (including phenoxy) is 1. The van der Waals surface area contributed by atoms with E-state index >= 15 is 0 Å². The molecule has 31 heavy (non-hydrogen) atoms. The van der Waals surface area contributed by atoms with Gasteiger partial charge in [0.2, 0.25) is 0 Å². The number of hydrogen-bond donors (Lipinski definition) is 1. The van der Waals surface area contributed by atoms with Gasteiger partial charge in [0.1, 0.15) is 5.75 Å². The van der Waals surface area contributed by atoms with Crippen LogP contribution >= 0.6 is 11.6 Å². The average molecular weight is 442 g/mol. The molecule has 0 aliphatic carbocycles. The predicted molar refractivity (Wildman–Crippen MR) is 129 cm³/mol. The highest BCUT2D eigenvalue weighted by Crippen LogP contribution is 2.44. The summed E-state index contributed by atoms with van der Waals surface area (Å²) in [6, 6.07) is 11.5. The lowest BCUT2D eigenvalue weighted by atomic mass is 9.79. The van der Waals surface area contributed by atoms with Crippen LogP contribution in [-0.2, 0) is 4.79 Å². The number of carbonyl (C=O) groups excluding carboxylic acids is 1. The summed E-state index contributed by atoms with van der Waals surface area (Å²) in [5, 5.41) is 4.61. The van der Waals surface area contributed by atoms with Gasteiger partial charge in [0.15, 0.2) is 6.61 Å². The first kappa shape index (κ1) is 23.1. The van der Waals surface area contributed by atoms with Gasteiger partial charge in [-0.25, -0.2) is 5.43 Å². The third kappa shape index (κ3) is 5.40. The number of nitrogens with zero attached hydrogens (tertiary/aromatic N) is 2. The Hall–Kier alpha value is -2.53. The molecule has 1 aliphatic heterocycles. The Bertz CT molecular complexity index is 971. The van der Waals surface area contributed by atoms with Crippen LogP contribution in [0.3, 0.4) is 0 Å². The summed E-state index contributed by atoms with van der Waals surface area (Å²) in [4.78, 5) is 14.6. The quantitative estimate of drug-likeness (QED) is 0.444. The van der Waals surface area contributed by atoms with Crippen molar-refractivity contribution >= 4 is 29.4 Å². The molecule has 2 aromatic rings. The molecule has 1 heterocycles. The lowest BCUT2D eigenvalue weighted by Crippen LogP contribution is -2.48. The Kier molecular flexibility index (Phi) is 7.26. The van der Waals surface area contributed by atoms with Crippen molar-refractivity contribution in [3.8, 4) is 5.75 Å². The van der Waals surface area contributed by atoms with Gasteiger partial charge in [0.05, 0.1) is 11.2 Å². The topological polar surface area (TPSA) is 53.9 Å². The molecule has 0 radical (unpaired) electrons. The zero-order valence-corrected chi connectivity index (χ0v) is 19.8. The van der Waals surface area contributed by atoms with E-state index in [0.29, 0.717) is 16.7 Å². The van der Waals surface area contributed by atoms with Gasteiger partial charge in [-0.3, -0.25) is 4.79 Å². The number of nitrogens with one attached hydrogen (secondary N) is 1. The van der Waals surface area contributed by atoms with Gasteiger partial charge < -0.3 is 9.64 Å². The molecule has 1 unspecified atom stereocenters. The fourth-order valence-corrected chi connectivity index (χ4v) is 4.54. The van der Waals surface area contributed by atoms with Crippen LogP contribution in [0.2, 0.25) is 5.02 Å². The van der Waals surface area contributed by atoms with E-state index in [2.05, 4.69) is 62.2 Å². The van der Waals surface area contributed by atoms with Crippen molar-refractivity contribution < 1.29 is 9.53 Å². The standard InChI is InChI=1S/C25H32ClN3O2/c1-6-11-29-22-12-17(2)19(13-20(22)18(3)14-25(29,4)5)15-27-28-24(30)16-31-23-10-8-7-9-21(23)26/h7-10,12-13,15,18H,6,11,14,16H2,1-5H3,(H,28,30)/b27-15+. The van der Waals surface area contributed by atoms with E-state index in [-0.39, 0.29) is 18.1 Å². The van der Waals surface area contributed by atoms with Crippen molar-refractivity contribution in [2.24, 2.45) is 5.10 Å². The highest BCUT2D eigenvalue weighted by atomic mass is 35.5. The van der Waals surface area contributed by atoms with Crippen molar-refractivity contribution in [3.63, 3.8) is 0 Å². The van der Waals surface area contributed by atoms with E-state index in [1.807, 2.05) is 6.07 Å². The molecule has 3 rings (SSSR count). The molecule has 0 spiro atoms. The maximum Gasteiger partial charge on any atom is 0.277 e. The largest absolute Gasteiger partial charge is 0.482 e. The number of halogens is 1. The third-order valence-corrected chi connectivity index (χ3v) is 6.12. The van der Waals surface area contributed by atoms with E-state index in [4.69, 9.17) is 16.3 Å². The molecule has 1 aliphatic rings. The molecule has 0 saturated carbocycles. The highest BCUT2D eigenvalue weighted by molar-refractivity contribution is 6.32. The van der Waals surface area contributed by atoms with Crippen LogP contribution in [0.25, 0.3) is 0 Å². The Labute approximate surface area is 190 Å². The molecule has 0 bridgehead atoms. The molecule has 166 valence electrons. The minimum Gasteiger partial charge on any atom is -0.482 e. The number of hydrogen-bond acceptors (Lipinski definition) is 4. The van der Waals surface area contributed by atoms with Crippen LogP contribution in [0, 0.1) is 6.92 Å². The Balaban J connectivity index is 1.70. The maximum absolute atomic E-state index is 12.1. The van der Waals surface area contributed by atoms with Gasteiger partial charge >= 0.3 is 0 Å². The van der Waals surface area contributed by atoms with Crippen molar-refractivity contribution in [2.75, 3.05) is 18.1 Å². The predicted octanol–water partition coefficient (Wildman–Crippen LogP) is 5.68. The second-order valence-corrected chi connectivity index (χ2v) is 9.26. The zero-order chi connectivity index (χ0) is 22.6.